The third kappa shape index (κ3) is 2.44. The fourth-order valence-electron chi connectivity index (χ4n) is 3.10. The highest BCUT2D eigenvalue weighted by Crippen LogP contribution is 2.26. The number of halogens is 1. The third-order valence-electron chi connectivity index (χ3n) is 4.36. The monoisotopic (exact) mass is 311 g/mol. The second-order valence-electron chi connectivity index (χ2n) is 5.63. The molecule has 0 saturated heterocycles. The van der Waals surface area contributed by atoms with Gasteiger partial charge in [-0.25, -0.2) is 4.39 Å². The fourth-order valence-corrected chi connectivity index (χ4v) is 3.10. The van der Waals surface area contributed by atoms with Crippen molar-refractivity contribution in [3.05, 3.63) is 70.0 Å². The lowest BCUT2D eigenvalue weighted by molar-refractivity contribution is 0.0641. The molecule has 0 N–H and O–H groups in total. The number of benzene rings is 2. The Hall–Kier alpha value is -2.49. The Labute approximate surface area is 134 Å². The summed E-state index contributed by atoms with van der Waals surface area (Å²) in [4.78, 5) is 25.9. The SMILES string of the molecule is CCc1ccc(CN2C(=O)c3ccccc3C2=O)c(F)c1CC. The van der Waals surface area contributed by atoms with Gasteiger partial charge in [0.15, 0.2) is 0 Å². The molecule has 3 nitrogen and oxygen atoms in total. The number of hydrogen-bond donors (Lipinski definition) is 0. The van der Waals surface area contributed by atoms with Crippen molar-refractivity contribution in [3.8, 4) is 0 Å². The van der Waals surface area contributed by atoms with Crippen molar-refractivity contribution in [2.24, 2.45) is 0 Å². The van der Waals surface area contributed by atoms with E-state index in [-0.39, 0.29) is 24.2 Å². The predicted octanol–water partition coefficient (Wildman–Crippen LogP) is 3.75. The van der Waals surface area contributed by atoms with Crippen molar-refractivity contribution >= 4 is 11.8 Å². The summed E-state index contributed by atoms with van der Waals surface area (Å²) in [6.07, 6.45) is 1.35. The van der Waals surface area contributed by atoms with E-state index in [1.54, 1.807) is 30.3 Å². The second-order valence-corrected chi connectivity index (χ2v) is 5.63. The Balaban J connectivity index is 1.95. The maximum absolute atomic E-state index is 14.7. The molecule has 3 rings (SSSR count). The highest BCUT2D eigenvalue weighted by atomic mass is 19.1. The number of imide groups is 1. The van der Waals surface area contributed by atoms with Crippen LogP contribution in [0, 0.1) is 5.82 Å². The van der Waals surface area contributed by atoms with Crippen LogP contribution in [0.25, 0.3) is 0 Å². The van der Waals surface area contributed by atoms with Gasteiger partial charge < -0.3 is 0 Å². The zero-order valence-electron chi connectivity index (χ0n) is 13.2. The van der Waals surface area contributed by atoms with E-state index < -0.39 is 0 Å². The number of aryl methyl sites for hydroxylation is 1. The van der Waals surface area contributed by atoms with Gasteiger partial charge in [-0.05, 0) is 36.1 Å². The van der Waals surface area contributed by atoms with Crippen molar-refractivity contribution in [2.75, 3.05) is 0 Å². The summed E-state index contributed by atoms with van der Waals surface area (Å²) >= 11 is 0. The Bertz CT molecular complexity index is 763. The summed E-state index contributed by atoms with van der Waals surface area (Å²) in [6.45, 7) is 3.86. The molecule has 1 heterocycles. The topological polar surface area (TPSA) is 37.4 Å². The summed E-state index contributed by atoms with van der Waals surface area (Å²) in [5.41, 5.74) is 2.80. The molecule has 0 aromatic heterocycles. The van der Waals surface area contributed by atoms with E-state index in [0.29, 0.717) is 28.7 Å². The Morgan fingerprint density at radius 3 is 1.96 bits per heavy atom. The first-order chi connectivity index (χ1) is 11.1. The van der Waals surface area contributed by atoms with Crippen LogP contribution in [-0.2, 0) is 19.4 Å². The van der Waals surface area contributed by atoms with Crippen LogP contribution in [0.4, 0.5) is 4.39 Å². The zero-order chi connectivity index (χ0) is 16.6. The van der Waals surface area contributed by atoms with Gasteiger partial charge in [-0.2, -0.15) is 0 Å². The van der Waals surface area contributed by atoms with E-state index >= 15 is 0 Å². The normalized spacial score (nSPS) is 13.6. The van der Waals surface area contributed by atoms with Gasteiger partial charge in [0, 0.05) is 5.56 Å². The zero-order valence-corrected chi connectivity index (χ0v) is 13.2. The molecule has 2 aromatic carbocycles. The number of nitrogens with zero attached hydrogens (tertiary/aromatic N) is 1. The number of hydrogen-bond acceptors (Lipinski definition) is 2. The summed E-state index contributed by atoms with van der Waals surface area (Å²) in [5.74, 6) is -1.02. The predicted molar refractivity (Wildman–Crippen MR) is 85.8 cm³/mol. The van der Waals surface area contributed by atoms with Crippen LogP contribution in [0.15, 0.2) is 36.4 Å². The highest BCUT2D eigenvalue weighted by Gasteiger charge is 2.35. The summed E-state index contributed by atoms with van der Waals surface area (Å²) in [6, 6.07) is 10.3. The molecule has 1 aliphatic rings. The molecule has 0 spiro atoms. The minimum atomic E-state index is -0.359. The van der Waals surface area contributed by atoms with Crippen molar-refractivity contribution in [1.82, 2.24) is 4.90 Å². The van der Waals surface area contributed by atoms with Gasteiger partial charge in [0.05, 0.1) is 17.7 Å². The lowest BCUT2D eigenvalue weighted by Crippen LogP contribution is -2.29. The fraction of sp³-hybridized carbons (Fsp3) is 0.263. The molecular formula is C19H18FNO2. The number of carbonyl (C=O) groups is 2. The van der Waals surface area contributed by atoms with Crippen molar-refractivity contribution in [2.45, 2.75) is 33.2 Å². The minimum Gasteiger partial charge on any atom is -0.270 e. The maximum atomic E-state index is 14.7. The Morgan fingerprint density at radius 2 is 1.43 bits per heavy atom. The standard InChI is InChI=1S/C19H18FNO2/c1-3-12-9-10-13(17(20)14(12)4-2)11-21-18(22)15-7-5-6-8-16(15)19(21)23/h5-10H,3-4,11H2,1-2H3. The van der Waals surface area contributed by atoms with Crippen LogP contribution in [0.5, 0.6) is 0 Å². The van der Waals surface area contributed by atoms with Gasteiger partial charge in [-0.1, -0.05) is 38.1 Å². The van der Waals surface area contributed by atoms with Crippen molar-refractivity contribution in [1.29, 1.82) is 0 Å². The molecule has 0 atom stereocenters. The van der Waals surface area contributed by atoms with Gasteiger partial charge in [0.25, 0.3) is 11.8 Å². The van der Waals surface area contributed by atoms with Crippen LogP contribution in [0.1, 0.15) is 51.3 Å². The van der Waals surface area contributed by atoms with E-state index in [1.807, 2.05) is 19.9 Å². The molecule has 0 unspecified atom stereocenters. The first-order valence-electron chi connectivity index (χ1n) is 7.82. The smallest absolute Gasteiger partial charge is 0.261 e. The average molecular weight is 311 g/mol. The van der Waals surface area contributed by atoms with Gasteiger partial charge in [-0.3, -0.25) is 14.5 Å². The molecular weight excluding hydrogens is 293 g/mol. The molecule has 4 heteroatoms. The quantitative estimate of drug-likeness (QED) is 0.807. The molecule has 118 valence electrons. The molecule has 0 fully saturated rings. The lowest BCUT2D eigenvalue weighted by atomic mass is 9.99. The van der Waals surface area contributed by atoms with E-state index in [2.05, 4.69) is 0 Å². The Morgan fingerprint density at radius 1 is 0.870 bits per heavy atom. The molecule has 0 saturated carbocycles. The summed E-state index contributed by atoms with van der Waals surface area (Å²) in [7, 11) is 0. The van der Waals surface area contributed by atoms with E-state index in [4.69, 9.17) is 0 Å². The van der Waals surface area contributed by atoms with Crippen LogP contribution < -0.4 is 0 Å². The summed E-state index contributed by atoms with van der Waals surface area (Å²) in [5, 5.41) is 0. The third-order valence-corrected chi connectivity index (χ3v) is 4.36. The Kier molecular flexibility index (Phi) is 3.99. The van der Waals surface area contributed by atoms with E-state index in [0.717, 1.165) is 16.9 Å². The van der Waals surface area contributed by atoms with Gasteiger partial charge >= 0.3 is 0 Å². The summed E-state index contributed by atoms with van der Waals surface area (Å²) < 4.78 is 14.7. The first kappa shape index (κ1) is 15.4. The molecule has 2 amide bonds. The average Bonchev–Trinajstić information content (AvgIpc) is 2.81. The largest absolute Gasteiger partial charge is 0.270 e. The molecule has 1 aliphatic heterocycles. The second kappa shape index (κ2) is 5.95. The van der Waals surface area contributed by atoms with Gasteiger partial charge in [0.2, 0.25) is 0 Å². The van der Waals surface area contributed by atoms with Crippen LogP contribution in [0.2, 0.25) is 0 Å². The van der Waals surface area contributed by atoms with E-state index in [1.165, 1.54) is 0 Å². The van der Waals surface area contributed by atoms with Gasteiger partial charge in [0.1, 0.15) is 5.82 Å². The van der Waals surface area contributed by atoms with Crippen LogP contribution in [0.3, 0.4) is 0 Å². The molecule has 2 aromatic rings. The lowest BCUT2D eigenvalue weighted by Gasteiger charge is -2.17. The highest BCUT2D eigenvalue weighted by molar-refractivity contribution is 6.21. The maximum Gasteiger partial charge on any atom is 0.261 e. The van der Waals surface area contributed by atoms with Gasteiger partial charge in [-0.15, -0.1) is 0 Å². The van der Waals surface area contributed by atoms with Crippen molar-refractivity contribution in [3.63, 3.8) is 0 Å². The van der Waals surface area contributed by atoms with Crippen LogP contribution >= 0.6 is 0 Å². The number of carbonyl (C=O) groups excluding carboxylic acids is 2. The molecule has 0 bridgehead atoms. The van der Waals surface area contributed by atoms with Crippen molar-refractivity contribution < 1.29 is 14.0 Å². The number of rotatable bonds is 4. The van der Waals surface area contributed by atoms with E-state index in [9.17, 15) is 14.0 Å². The first-order valence-corrected chi connectivity index (χ1v) is 7.82. The molecule has 0 aliphatic carbocycles. The number of amides is 2. The van der Waals surface area contributed by atoms with Crippen LogP contribution in [-0.4, -0.2) is 16.7 Å². The number of fused-ring (bicyclic) bond motifs is 1. The minimum absolute atomic E-state index is 0.0326. The molecule has 23 heavy (non-hydrogen) atoms. The molecule has 0 radical (unpaired) electrons.